The first-order chi connectivity index (χ1) is 19.1. The van der Waals surface area contributed by atoms with E-state index in [2.05, 4.69) is 8.92 Å². The molecule has 0 aromatic heterocycles. The number of allylic oxidation sites excluding steroid dienone is 1. The van der Waals surface area contributed by atoms with Crippen molar-refractivity contribution >= 4 is 28.8 Å². The lowest BCUT2D eigenvalue weighted by molar-refractivity contribution is -0.382. The van der Waals surface area contributed by atoms with Crippen molar-refractivity contribution in [1.29, 1.82) is 0 Å². The summed E-state index contributed by atoms with van der Waals surface area (Å²) < 4.78 is 166. The van der Waals surface area contributed by atoms with Gasteiger partial charge >= 0.3 is 40.5 Å². The Labute approximate surface area is 232 Å². The van der Waals surface area contributed by atoms with Gasteiger partial charge in [-0.05, 0) is 59.8 Å². The highest BCUT2D eigenvalue weighted by molar-refractivity contribution is 7.88. The first-order valence-corrected chi connectivity index (χ1v) is 12.7. The molecule has 0 radical (unpaired) electrons. The van der Waals surface area contributed by atoms with E-state index in [1.165, 1.54) is 44.6 Å². The highest BCUT2D eigenvalue weighted by atomic mass is 32.2. The van der Waals surface area contributed by atoms with Crippen LogP contribution in [0.2, 0.25) is 0 Å². The number of rotatable bonds is 8. The van der Waals surface area contributed by atoms with Gasteiger partial charge in [-0.2, -0.15) is 47.9 Å². The summed E-state index contributed by atoms with van der Waals surface area (Å²) in [4.78, 5) is 0. The predicted octanol–water partition coefficient (Wildman–Crippen LogP) is 4.66. The van der Waals surface area contributed by atoms with Gasteiger partial charge in [0.05, 0.1) is 14.2 Å². The number of fused-ring (bicyclic) bond motifs is 1. The summed E-state index contributed by atoms with van der Waals surface area (Å²) >= 11 is 0. The van der Waals surface area contributed by atoms with Crippen molar-refractivity contribution in [2.45, 2.75) is 42.5 Å². The van der Waals surface area contributed by atoms with Crippen LogP contribution < -0.4 is 14.9 Å². The molecular weight excluding hydrogens is 621 g/mol. The number of hydrogen-bond acceptors (Lipinski definition) is 7. The molecule has 2 aromatic rings. The van der Waals surface area contributed by atoms with Crippen LogP contribution in [0.1, 0.15) is 24.0 Å². The maximum Gasteiger partial charge on any atom is 0.488 e. The Bertz CT molecular complexity index is 1400. The Morgan fingerprint density at radius 2 is 1.45 bits per heavy atom. The van der Waals surface area contributed by atoms with Crippen molar-refractivity contribution in [3.8, 4) is 11.5 Å². The molecule has 0 amide bonds. The van der Waals surface area contributed by atoms with Gasteiger partial charge in [-0.25, -0.2) is 4.39 Å². The first-order valence-electron chi connectivity index (χ1n) is 11.3. The Morgan fingerprint density at radius 1 is 0.833 bits per heavy atom. The molecule has 0 saturated carbocycles. The van der Waals surface area contributed by atoms with E-state index in [4.69, 9.17) is 14.8 Å². The van der Waals surface area contributed by atoms with Crippen molar-refractivity contribution in [2.24, 2.45) is 0 Å². The minimum Gasteiger partial charge on any atom is -0.497 e. The molecule has 0 atom stereocenters. The second kappa shape index (κ2) is 12.6. The minimum absolute atomic E-state index is 0.0716. The van der Waals surface area contributed by atoms with E-state index in [1.807, 2.05) is 0 Å². The smallest absolute Gasteiger partial charge is 0.488 e. The van der Waals surface area contributed by atoms with Gasteiger partial charge in [-0.15, -0.1) is 0 Å². The van der Waals surface area contributed by atoms with Crippen LogP contribution in [0.3, 0.4) is 0 Å². The number of hydrogen-bond donors (Lipinski definition) is 2. The van der Waals surface area contributed by atoms with E-state index in [-0.39, 0.29) is 29.6 Å². The third-order valence-corrected chi connectivity index (χ3v) is 6.97. The lowest BCUT2D eigenvalue weighted by Gasteiger charge is -2.32. The van der Waals surface area contributed by atoms with E-state index in [1.54, 1.807) is 0 Å². The van der Waals surface area contributed by atoms with Crippen LogP contribution in [0.4, 0.5) is 43.9 Å². The van der Waals surface area contributed by atoms with Crippen LogP contribution in [0.25, 0.3) is 6.08 Å². The molecule has 7 nitrogen and oxygen atoms in total. The standard InChI is InChI=1S/C16H13F9O4S.C7H8BFO3/c1-28-11-6-5-10-8-12(4-2-3-9(10)7-11)29-30(26,27)16(24,25)14(19,20)13(17,18)15(21,22)23;1-12-7-3-2-5(8(10)11)4-6(7)9/h5-8H,2-4H2,1H3;2-4,10-11H,1H3. The van der Waals surface area contributed by atoms with E-state index in [9.17, 15) is 52.3 Å². The maximum absolute atomic E-state index is 13.8. The van der Waals surface area contributed by atoms with Gasteiger partial charge in [0.1, 0.15) is 11.5 Å². The predicted molar refractivity (Wildman–Crippen MR) is 128 cm³/mol. The summed E-state index contributed by atoms with van der Waals surface area (Å²) in [5.74, 6) is -15.6. The van der Waals surface area contributed by atoms with Crippen molar-refractivity contribution < 1.29 is 76.0 Å². The first kappa shape index (κ1) is 35.0. The number of methoxy groups -OCH3 is 2. The normalized spacial score (nSPS) is 14.5. The van der Waals surface area contributed by atoms with Gasteiger partial charge in [0.15, 0.2) is 11.6 Å². The monoisotopic (exact) mass is 642 g/mol. The molecule has 0 fully saturated rings. The van der Waals surface area contributed by atoms with E-state index in [0.29, 0.717) is 11.3 Å². The summed E-state index contributed by atoms with van der Waals surface area (Å²) in [5.41, 5.74) is 0.883. The minimum atomic E-state index is -7.35. The fraction of sp³-hybridized carbons (Fsp3) is 0.391. The zero-order chi connectivity index (χ0) is 32.3. The van der Waals surface area contributed by atoms with E-state index in [0.717, 1.165) is 12.1 Å². The lowest BCUT2D eigenvalue weighted by Crippen LogP contribution is -2.63. The molecule has 1 aliphatic rings. The summed E-state index contributed by atoms with van der Waals surface area (Å²) in [6.45, 7) is 0. The Balaban J connectivity index is 0.000000428. The van der Waals surface area contributed by atoms with Crippen molar-refractivity contribution in [3.05, 3.63) is 59.1 Å². The SMILES string of the molecule is COc1ccc(B(O)O)cc1F.COc1ccc2c(c1)CCCC(OS(=O)(=O)C(F)(F)C(F)(F)C(F)(F)C(F)(F)F)=C2. The highest BCUT2D eigenvalue weighted by Gasteiger charge is 2.86. The molecule has 1 aliphatic carbocycles. The van der Waals surface area contributed by atoms with E-state index >= 15 is 0 Å². The molecule has 19 heteroatoms. The van der Waals surface area contributed by atoms with Gasteiger partial charge in [-0.1, -0.05) is 12.1 Å². The van der Waals surface area contributed by atoms with Gasteiger partial charge in [-0.3, -0.25) is 0 Å². The molecule has 0 heterocycles. The fourth-order valence-electron chi connectivity index (χ4n) is 3.39. The Morgan fingerprint density at radius 3 is 1.95 bits per heavy atom. The zero-order valence-electron chi connectivity index (χ0n) is 21.4. The van der Waals surface area contributed by atoms with Crippen LogP contribution in [-0.2, 0) is 20.7 Å². The summed E-state index contributed by atoms with van der Waals surface area (Å²) in [5, 5.41) is 10.4. The van der Waals surface area contributed by atoms with Gasteiger partial charge in [0.25, 0.3) is 0 Å². The third kappa shape index (κ3) is 7.05. The Hall–Kier alpha value is -3.19. The molecular formula is C23H21BF10O7S. The molecule has 0 saturated heterocycles. The number of benzene rings is 2. The van der Waals surface area contributed by atoms with Crippen molar-refractivity contribution in [2.75, 3.05) is 14.2 Å². The van der Waals surface area contributed by atoms with Crippen LogP contribution in [0, 0.1) is 5.82 Å². The second-order valence-electron chi connectivity index (χ2n) is 8.50. The Kier molecular flexibility index (Phi) is 10.5. The molecule has 2 aromatic carbocycles. The average molecular weight is 642 g/mol. The van der Waals surface area contributed by atoms with Crippen LogP contribution >= 0.6 is 0 Å². The highest BCUT2D eigenvalue weighted by Crippen LogP contribution is 2.55. The van der Waals surface area contributed by atoms with Crippen molar-refractivity contribution in [1.82, 2.24) is 0 Å². The molecule has 0 aliphatic heterocycles. The lowest BCUT2D eigenvalue weighted by atomic mass is 9.80. The largest absolute Gasteiger partial charge is 0.497 e. The molecule has 2 N–H and O–H groups in total. The molecule has 0 spiro atoms. The molecule has 0 bridgehead atoms. The van der Waals surface area contributed by atoms with Crippen LogP contribution in [-0.4, -0.2) is 63.1 Å². The fourth-order valence-corrected chi connectivity index (χ4v) is 4.35. The number of alkyl halides is 9. The number of ether oxygens (including phenoxy) is 2. The van der Waals surface area contributed by atoms with Gasteiger partial charge < -0.3 is 23.7 Å². The topological polar surface area (TPSA) is 102 Å². The quantitative estimate of drug-likeness (QED) is 0.246. The van der Waals surface area contributed by atoms with E-state index < -0.39 is 58.5 Å². The van der Waals surface area contributed by atoms with Gasteiger partial charge in [0, 0.05) is 6.42 Å². The zero-order valence-corrected chi connectivity index (χ0v) is 22.2. The maximum atomic E-state index is 13.8. The molecule has 0 unspecified atom stereocenters. The third-order valence-electron chi connectivity index (χ3n) is 5.66. The summed E-state index contributed by atoms with van der Waals surface area (Å²) in [6, 6.07) is 8.02. The summed E-state index contributed by atoms with van der Waals surface area (Å²) in [6.07, 6.45) is -6.32. The van der Waals surface area contributed by atoms with Crippen LogP contribution in [0.5, 0.6) is 11.5 Å². The molecule has 234 valence electrons. The number of aryl methyl sites for hydroxylation is 1. The number of halogens is 10. The van der Waals surface area contributed by atoms with Crippen LogP contribution in [0.15, 0.2) is 42.2 Å². The second-order valence-corrected chi connectivity index (χ2v) is 10.1. The van der Waals surface area contributed by atoms with Crippen molar-refractivity contribution in [3.63, 3.8) is 0 Å². The summed E-state index contributed by atoms with van der Waals surface area (Å²) in [7, 11) is -5.90. The molecule has 42 heavy (non-hydrogen) atoms. The van der Waals surface area contributed by atoms with Gasteiger partial charge in [0.2, 0.25) is 0 Å². The molecule has 3 rings (SSSR count). The average Bonchev–Trinajstić information content (AvgIpc) is 3.08.